The molecular formula is C18H23NO2. The summed E-state index contributed by atoms with van der Waals surface area (Å²) in [6.07, 6.45) is 0. The van der Waals surface area contributed by atoms with Gasteiger partial charge in [-0.1, -0.05) is 12.1 Å². The summed E-state index contributed by atoms with van der Waals surface area (Å²) in [5.41, 5.74) is 4.70. The van der Waals surface area contributed by atoms with E-state index in [0.717, 1.165) is 23.6 Å². The molecule has 0 aromatic heterocycles. The van der Waals surface area contributed by atoms with Crippen molar-refractivity contribution in [2.75, 3.05) is 14.2 Å². The summed E-state index contributed by atoms with van der Waals surface area (Å²) in [4.78, 5) is 0. The minimum atomic E-state index is 0.504. The van der Waals surface area contributed by atoms with Crippen molar-refractivity contribution in [1.29, 1.82) is 0 Å². The maximum absolute atomic E-state index is 5.93. The molecule has 2 rings (SSSR count). The van der Waals surface area contributed by atoms with Crippen molar-refractivity contribution in [3.63, 3.8) is 0 Å². The molecule has 0 bridgehead atoms. The van der Waals surface area contributed by atoms with Crippen molar-refractivity contribution < 1.29 is 9.47 Å². The Kier molecular flexibility index (Phi) is 5.23. The Morgan fingerprint density at radius 3 is 2.33 bits per heavy atom. The molecule has 0 heterocycles. The highest BCUT2D eigenvalue weighted by atomic mass is 16.5. The van der Waals surface area contributed by atoms with Crippen molar-refractivity contribution in [3.8, 4) is 11.5 Å². The van der Waals surface area contributed by atoms with E-state index in [-0.39, 0.29) is 0 Å². The first-order chi connectivity index (χ1) is 10.1. The normalized spacial score (nSPS) is 10.5. The summed E-state index contributed by atoms with van der Waals surface area (Å²) in [5.74, 6) is 1.76. The second-order valence-electron chi connectivity index (χ2n) is 5.29. The van der Waals surface area contributed by atoms with Crippen molar-refractivity contribution in [2.24, 2.45) is 0 Å². The van der Waals surface area contributed by atoms with Gasteiger partial charge in [0.15, 0.2) is 0 Å². The third-order valence-electron chi connectivity index (χ3n) is 3.32. The van der Waals surface area contributed by atoms with Gasteiger partial charge >= 0.3 is 0 Å². The molecule has 21 heavy (non-hydrogen) atoms. The van der Waals surface area contributed by atoms with Crippen LogP contribution in [0.2, 0.25) is 0 Å². The number of methoxy groups -OCH3 is 1. The summed E-state index contributed by atoms with van der Waals surface area (Å²) in [5, 5.41) is 3.16. The second-order valence-corrected chi connectivity index (χ2v) is 5.29. The molecule has 3 nitrogen and oxygen atoms in total. The molecule has 0 saturated heterocycles. The van der Waals surface area contributed by atoms with Crippen molar-refractivity contribution >= 4 is 0 Å². The van der Waals surface area contributed by atoms with Gasteiger partial charge in [0.05, 0.1) is 7.11 Å². The lowest BCUT2D eigenvalue weighted by Crippen LogP contribution is -2.06. The SMILES string of the molecule is CNCc1ccc(OC)c(COc2cc(C)cc(C)c2)c1. The highest BCUT2D eigenvalue weighted by Crippen LogP contribution is 2.23. The Morgan fingerprint density at radius 2 is 1.71 bits per heavy atom. The van der Waals surface area contributed by atoms with Crippen molar-refractivity contribution in [2.45, 2.75) is 27.0 Å². The van der Waals surface area contributed by atoms with E-state index in [2.05, 4.69) is 49.5 Å². The van der Waals surface area contributed by atoms with Crippen LogP contribution in [0.5, 0.6) is 11.5 Å². The van der Waals surface area contributed by atoms with Gasteiger partial charge in [-0.2, -0.15) is 0 Å². The van der Waals surface area contributed by atoms with Gasteiger partial charge in [0.2, 0.25) is 0 Å². The van der Waals surface area contributed by atoms with Crippen LogP contribution in [0.15, 0.2) is 36.4 Å². The summed E-state index contributed by atoms with van der Waals surface area (Å²) < 4.78 is 11.3. The predicted molar refractivity (Wildman–Crippen MR) is 86.0 cm³/mol. The fourth-order valence-corrected chi connectivity index (χ4v) is 2.44. The Balaban J connectivity index is 2.15. The number of ether oxygens (including phenoxy) is 2. The van der Waals surface area contributed by atoms with E-state index < -0.39 is 0 Å². The topological polar surface area (TPSA) is 30.5 Å². The third kappa shape index (κ3) is 4.23. The van der Waals surface area contributed by atoms with E-state index in [1.54, 1.807) is 7.11 Å². The molecule has 0 aliphatic carbocycles. The lowest BCUT2D eigenvalue weighted by atomic mass is 10.1. The summed E-state index contributed by atoms with van der Waals surface area (Å²) in [6, 6.07) is 12.4. The molecule has 0 saturated carbocycles. The van der Waals surface area contributed by atoms with Gasteiger partial charge in [-0.15, -0.1) is 0 Å². The van der Waals surface area contributed by atoms with E-state index in [9.17, 15) is 0 Å². The van der Waals surface area contributed by atoms with Crippen LogP contribution in [0.4, 0.5) is 0 Å². The Morgan fingerprint density at radius 1 is 1.00 bits per heavy atom. The van der Waals surface area contributed by atoms with Crippen LogP contribution in [0, 0.1) is 13.8 Å². The highest BCUT2D eigenvalue weighted by molar-refractivity contribution is 5.38. The highest BCUT2D eigenvalue weighted by Gasteiger charge is 2.06. The molecule has 0 aliphatic rings. The van der Waals surface area contributed by atoms with Gasteiger partial charge in [0.1, 0.15) is 18.1 Å². The molecule has 3 heteroatoms. The standard InChI is InChI=1S/C18H23NO2/c1-13-7-14(2)9-17(8-13)21-12-16-10-15(11-19-3)5-6-18(16)20-4/h5-10,19H,11-12H2,1-4H3. The van der Waals surface area contributed by atoms with Crippen LogP contribution in [-0.2, 0) is 13.2 Å². The molecular weight excluding hydrogens is 262 g/mol. The number of benzene rings is 2. The van der Waals surface area contributed by atoms with E-state index >= 15 is 0 Å². The van der Waals surface area contributed by atoms with Crippen LogP contribution < -0.4 is 14.8 Å². The first kappa shape index (κ1) is 15.4. The number of nitrogens with one attached hydrogen (secondary N) is 1. The predicted octanol–water partition coefficient (Wildman–Crippen LogP) is 3.61. The summed E-state index contributed by atoms with van der Waals surface area (Å²) in [7, 11) is 3.63. The maximum atomic E-state index is 5.93. The zero-order valence-corrected chi connectivity index (χ0v) is 13.2. The molecule has 2 aromatic rings. The van der Waals surface area contributed by atoms with Gasteiger partial charge in [-0.3, -0.25) is 0 Å². The van der Waals surface area contributed by atoms with Gasteiger partial charge < -0.3 is 14.8 Å². The van der Waals surface area contributed by atoms with Gasteiger partial charge in [-0.25, -0.2) is 0 Å². The second kappa shape index (κ2) is 7.14. The molecule has 112 valence electrons. The Hall–Kier alpha value is -2.00. The summed E-state index contributed by atoms with van der Waals surface area (Å²) in [6.45, 7) is 5.49. The molecule has 0 unspecified atom stereocenters. The number of hydrogen-bond acceptors (Lipinski definition) is 3. The van der Waals surface area contributed by atoms with Crippen LogP contribution >= 0.6 is 0 Å². The van der Waals surface area contributed by atoms with Gasteiger partial charge in [0, 0.05) is 12.1 Å². The Labute approximate surface area is 126 Å². The van der Waals surface area contributed by atoms with Crippen LogP contribution in [-0.4, -0.2) is 14.2 Å². The molecule has 1 N–H and O–H groups in total. The fourth-order valence-electron chi connectivity index (χ4n) is 2.44. The molecule has 0 fully saturated rings. The van der Waals surface area contributed by atoms with Crippen LogP contribution in [0.25, 0.3) is 0 Å². The smallest absolute Gasteiger partial charge is 0.125 e. The van der Waals surface area contributed by atoms with E-state index in [4.69, 9.17) is 9.47 Å². The first-order valence-electron chi connectivity index (χ1n) is 7.14. The van der Waals surface area contributed by atoms with Gasteiger partial charge in [0.25, 0.3) is 0 Å². The minimum absolute atomic E-state index is 0.504. The monoisotopic (exact) mass is 285 g/mol. The average molecular weight is 285 g/mol. The molecule has 0 spiro atoms. The number of aryl methyl sites for hydroxylation is 2. The molecule has 0 atom stereocenters. The average Bonchev–Trinajstić information content (AvgIpc) is 2.45. The minimum Gasteiger partial charge on any atom is -0.496 e. The molecule has 2 aromatic carbocycles. The lowest BCUT2D eigenvalue weighted by Gasteiger charge is -2.13. The van der Waals surface area contributed by atoms with E-state index in [1.807, 2.05) is 13.1 Å². The van der Waals surface area contributed by atoms with Crippen molar-refractivity contribution in [1.82, 2.24) is 5.32 Å². The summed E-state index contributed by atoms with van der Waals surface area (Å²) >= 11 is 0. The van der Waals surface area contributed by atoms with Crippen LogP contribution in [0.3, 0.4) is 0 Å². The largest absolute Gasteiger partial charge is 0.496 e. The number of rotatable bonds is 6. The van der Waals surface area contributed by atoms with E-state index in [0.29, 0.717) is 6.61 Å². The third-order valence-corrected chi connectivity index (χ3v) is 3.32. The molecule has 0 radical (unpaired) electrons. The molecule has 0 amide bonds. The number of hydrogen-bond donors (Lipinski definition) is 1. The lowest BCUT2D eigenvalue weighted by molar-refractivity contribution is 0.296. The van der Waals surface area contributed by atoms with Crippen LogP contribution in [0.1, 0.15) is 22.3 Å². The zero-order valence-electron chi connectivity index (χ0n) is 13.2. The molecule has 0 aliphatic heterocycles. The zero-order chi connectivity index (χ0) is 15.2. The fraction of sp³-hybridized carbons (Fsp3) is 0.333. The van der Waals surface area contributed by atoms with E-state index in [1.165, 1.54) is 16.7 Å². The van der Waals surface area contributed by atoms with Crippen molar-refractivity contribution in [3.05, 3.63) is 58.7 Å². The quantitative estimate of drug-likeness (QED) is 0.879. The Bertz CT molecular complexity index is 588. The maximum Gasteiger partial charge on any atom is 0.125 e. The first-order valence-corrected chi connectivity index (χ1v) is 7.14. The van der Waals surface area contributed by atoms with Gasteiger partial charge in [-0.05, 0) is 61.9 Å².